The van der Waals surface area contributed by atoms with Crippen LogP contribution < -0.4 is 10.6 Å². The van der Waals surface area contributed by atoms with Crippen molar-refractivity contribution in [2.24, 2.45) is 5.92 Å². The first-order valence-corrected chi connectivity index (χ1v) is 10.7. The summed E-state index contributed by atoms with van der Waals surface area (Å²) >= 11 is 0. The molecule has 0 bridgehead atoms. The second-order valence-electron chi connectivity index (χ2n) is 8.66. The molecule has 8 heteroatoms. The van der Waals surface area contributed by atoms with Crippen LogP contribution in [0.2, 0.25) is 0 Å². The van der Waals surface area contributed by atoms with Gasteiger partial charge < -0.3 is 15.1 Å². The Hall–Kier alpha value is -2.35. The molecule has 158 valence electrons. The maximum Gasteiger partial charge on any atom is 0.325 e. The topological polar surface area (TPSA) is 94.9 Å². The van der Waals surface area contributed by atoms with E-state index in [1.165, 1.54) is 0 Å². The lowest BCUT2D eigenvalue weighted by molar-refractivity contribution is -0.136. The Balaban J connectivity index is 1.35. The van der Waals surface area contributed by atoms with E-state index in [2.05, 4.69) is 22.5 Å². The zero-order valence-corrected chi connectivity index (χ0v) is 17.0. The lowest BCUT2D eigenvalue weighted by Crippen LogP contribution is -2.50. The van der Waals surface area contributed by atoms with E-state index in [9.17, 15) is 14.4 Å². The summed E-state index contributed by atoms with van der Waals surface area (Å²) in [6.45, 7) is 4.24. The van der Waals surface area contributed by atoms with Gasteiger partial charge in [-0.15, -0.1) is 0 Å². The number of likely N-dealkylation sites (tertiary alicyclic amines) is 1. The fraction of sp³-hybridized carbons (Fsp3) is 0.667. The van der Waals surface area contributed by atoms with Crippen LogP contribution in [0, 0.1) is 5.92 Å². The third-order valence-corrected chi connectivity index (χ3v) is 6.62. The predicted octanol–water partition coefficient (Wildman–Crippen LogP) is 2.03. The third-order valence-electron chi connectivity index (χ3n) is 6.62. The normalized spacial score (nSPS) is 28.7. The predicted molar refractivity (Wildman–Crippen MR) is 106 cm³/mol. The zero-order chi connectivity index (χ0) is 20.4. The summed E-state index contributed by atoms with van der Waals surface area (Å²) in [6.07, 6.45) is 7.01. The molecule has 1 aromatic rings. The van der Waals surface area contributed by atoms with E-state index in [4.69, 9.17) is 4.42 Å². The molecule has 1 aromatic heterocycles. The van der Waals surface area contributed by atoms with Crippen LogP contribution in [0.15, 0.2) is 22.8 Å². The molecule has 4 amide bonds. The van der Waals surface area contributed by atoms with Gasteiger partial charge in [0.25, 0.3) is 5.91 Å². The van der Waals surface area contributed by atoms with E-state index >= 15 is 0 Å². The average Bonchev–Trinajstić information content (AvgIpc) is 3.45. The monoisotopic (exact) mass is 402 g/mol. The number of nitrogens with zero attached hydrogens (tertiary/aromatic N) is 2. The molecule has 1 atom stereocenters. The van der Waals surface area contributed by atoms with E-state index < -0.39 is 11.6 Å². The van der Waals surface area contributed by atoms with Crippen LogP contribution in [0.25, 0.3) is 0 Å². The number of nitrogens with one attached hydrogen (secondary N) is 2. The van der Waals surface area contributed by atoms with Gasteiger partial charge in [0.15, 0.2) is 0 Å². The maximum absolute atomic E-state index is 12.9. The Morgan fingerprint density at radius 2 is 2.03 bits per heavy atom. The number of hydrogen-bond donors (Lipinski definition) is 2. The minimum Gasteiger partial charge on any atom is -0.468 e. The van der Waals surface area contributed by atoms with Crippen molar-refractivity contribution in [1.82, 2.24) is 20.4 Å². The van der Waals surface area contributed by atoms with Crippen LogP contribution in [0.4, 0.5) is 4.79 Å². The van der Waals surface area contributed by atoms with Gasteiger partial charge in [0.1, 0.15) is 17.8 Å². The number of urea groups is 1. The first-order valence-electron chi connectivity index (χ1n) is 10.7. The molecule has 1 spiro atoms. The number of hydrogen-bond acceptors (Lipinski definition) is 5. The van der Waals surface area contributed by atoms with Crippen LogP contribution in [0.5, 0.6) is 0 Å². The van der Waals surface area contributed by atoms with Crippen LogP contribution in [-0.2, 0) is 9.59 Å². The smallest absolute Gasteiger partial charge is 0.325 e. The van der Waals surface area contributed by atoms with Crippen molar-refractivity contribution in [3.63, 3.8) is 0 Å². The lowest BCUT2D eigenvalue weighted by Gasteiger charge is -2.33. The molecule has 1 saturated carbocycles. The molecule has 4 rings (SSSR count). The van der Waals surface area contributed by atoms with Gasteiger partial charge >= 0.3 is 6.03 Å². The fourth-order valence-corrected chi connectivity index (χ4v) is 4.77. The lowest BCUT2D eigenvalue weighted by atomic mass is 9.77. The van der Waals surface area contributed by atoms with Crippen molar-refractivity contribution < 1.29 is 18.8 Å². The molecule has 3 aliphatic rings. The molecule has 0 aromatic carbocycles. The van der Waals surface area contributed by atoms with Crippen LogP contribution >= 0.6 is 0 Å². The second-order valence-corrected chi connectivity index (χ2v) is 8.66. The van der Waals surface area contributed by atoms with Gasteiger partial charge in [0, 0.05) is 6.54 Å². The summed E-state index contributed by atoms with van der Waals surface area (Å²) in [5.41, 5.74) is -0.809. The van der Waals surface area contributed by atoms with E-state index in [1.54, 1.807) is 6.26 Å². The molecular weight excluding hydrogens is 372 g/mol. The van der Waals surface area contributed by atoms with Gasteiger partial charge in [0.2, 0.25) is 5.91 Å². The van der Waals surface area contributed by atoms with Crippen LogP contribution in [-0.4, -0.2) is 59.4 Å². The quantitative estimate of drug-likeness (QED) is 0.710. The SMILES string of the molecule is CC1CCC2(CC1)NC(=O)N(CC(=O)NCC(c1ccco1)N1CCCC1)C2=O. The summed E-state index contributed by atoms with van der Waals surface area (Å²) in [7, 11) is 0. The highest BCUT2D eigenvalue weighted by Gasteiger charge is 2.52. The molecular formula is C21H30N4O4. The molecule has 8 nitrogen and oxygen atoms in total. The van der Waals surface area contributed by atoms with E-state index in [0.29, 0.717) is 25.3 Å². The van der Waals surface area contributed by atoms with Gasteiger partial charge in [0.05, 0.1) is 12.3 Å². The number of furan rings is 1. The highest BCUT2D eigenvalue weighted by Crippen LogP contribution is 2.36. The van der Waals surface area contributed by atoms with Crippen molar-refractivity contribution in [2.75, 3.05) is 26.2 Å². The van der Waals surface area contributed by atoms with Crippen molar-refractivity contribution in [2.45, 2.75) is 57.0 Å². The largest absolute Gasteiger partial charge is 0.468 e. The summed E-state index contributed by atoms with van der Waals surface area (Å²) in [4.78, 5) is 41.2. The van der Waals surface area contributed by atoms with Gasteiger partial charge in [-0.3, -0.25) is 19.4 Å². The number of amides is 4. The van der Waals surface area contributed by atoms with Crippen molar-refractivity contribution in [3.8, 4) is 0 Å². The zero-order valence-electron chi connectivity index (χ0n) is 17.0. The molecule has 29 heavy (non-hydrogen) atoms. The first kappa shape index (κ1) is 19.9. The van der Waals surface area contributed by atoms with Gasteiger partial charge in [-0.2, -0.15) is 0 Å². The Bertz CT molecular complexity index is 749. The fourth-order valence-electron chi connectivity index (χ4n) is 4.77. The third kappa shape index (κ3) is 4.03. The molecule has 1 unspecified atom stereocenters. The molecule has 2 N–H and O–H groups in total. The minimum atomic E-state index is -0.809. The van der Waals surface area contributed by atoms with E-state index in [-0.39, 0.29) is 24.4 Å². The Kier molecular flexibility index (Phi) is 5.63. The van der Waals surface area contributed by atoms with Gasteiger partial charge in [-0.05, 0) is 69.7 Å². The summed E-state index contributed by atoms with van der Waals surface area (Å²) in [5, 5.41) is 5.76. The minimum absolute atomic E-state index is 0.0364. The Labute approximate surface area is 171 Å². The average molecular weight is 402 g/mol. The Morgan fingerprint density at radius 1 is 1.31 bits per heavy atom. The standard InChI is InChI=1S/C21H30N4O4/c1-15-6-8-21(9-7-15)19(27)25(20(28)23-21)14-18(26)22-13-16(17-5-4-12-29-17)24-10-2-3-11-24/h4-5,12,15-16H,2-3,6-11,13-14H2,1H3,(H,22,26)(H,23,28). The van der Waals surface area contributed by atoms with Gasteiger partial charge in [-0.1, -0.05) is 6.92 Å². The van der Waals surface area contributed by atoms with E-state index in [1.807, 2.05) is 12.1 Å². The molecule has 2 aliphatic heterocycles. The molecule has 3 heterocycles. The molecule has 2 saturated heterocycles. The number of imide groups is 1. The highest BCUT2D eigenvalue weighted by atomic mass is 16.3. The number of rotatable bonds is 6. The maximum atomic E-state index is 12.9. The molecule has 0 radical (unpaired) electrons. The van der Waals surface area contributed by atoms with Crippen LogP contribution in [0.3, 0.4) is 0 Å². The Morgan fingerprint density at radius 3 is 2.69 bits per heavy atom. The molecule has 3 fully saturated rings. The van der Waals surface area contributed by atoms with Crippen molar-refractivity contribution in [1.29, 1.82) is 0 Å². The van der Waals surface area contributed by atoms with Crippen molar-refractivity contribution >= 4 is 17.8 Å². The van der Waals surface area contributed by atoms with E-state index in [0.717, 1.165) is 49.4 Å². The van der Waals surface area contributed by atoms with Gasteiger partial charge in [-0.25, -0.2) is 4.79 Å². The first-order chi connectivity index (χ1) is 14.0. The second kappa shape index (κ2) is 8.18. The number of carbonyl (C=O) groups is 3. The van der Waals surface area contributed by atoms with Crippen molar-refractivity contribution in [3.05, 3.63) is 24.2 Å². The number of carbonyl (C=O) groups excluding carboxylic acids is 3. The summed E-state index contributed by atoms with van der Waals surface area (Å²) < 4.78 is 5.57. The van der Waals surface area contributed by atoms with Crippen LogP contribution in [0.1, 0.15) is 57.3 Å². The summed E-state index contributed by atoms with van der Waals surface area (Å²) in [6, 6.07) is 3.27. The highest BCUT2D eigenvalue weighted by molar-refractivity contribution is 6.09. The molecule has 1 aliphatic carbocycles. The summed E-state index contributed by atoms with van der Waals surface area (Å²) in [5.74, 6) is 0.793.